The number of rotatable bonds is 7. The normalized spacial score (nSPS) is 17.2. The number of benzene rings is 1. The molecule has 10 heteroatoms. The minimum atomic E-state index is -4.28. The number of alkyl halides is 2. The Labute approximate surface area is 151 Å². The van der Waals surface area contributed by atoms with Gasteiger partial charge < -0.3 is 16.2 Å². The van der Waals surface area contributed by atoms with Crippen molar-refractivity contribution in [3.8, 4) is 5.75 Å². The predicted octanol–water partition coefficient (Wildman–Crippen LogP) is 1.78. The number of carbonyl (C=O) groups is 1. The minimum Gasteiger partial charge on any atom is -0.506 e. The summed E-state index contributed by atoms with van der Waals surface area (Å²) in [6, 6.07) is 2.66. The maximum atomic E-state index is 12.3. The van der Waals surface area contributed by atoms with Crippen LogP contribution in [0.25, 0.3) is 0 Å². The summed E-state index contributed by atoms with van der Waals surface area (Å²) in [6.45, 7) is -1.06. The van der Waals surface area contributed by atoms with Gasteiger partial charge >= 0.3 is 0 Å². The molecular weight excluding hydrogens is 368 g/mol. The molecule has 0 unspecified atom stereocenters. The van der Waals surface area contributed by atoms with Crippen molar-refractivity contribution in [2.45, 2.75) is 49.5 Å². The molecule has 1 aliphatic rings. The Morgan fingerprint density at radius 1 is 1.27 bits per heavy atom. The summed E-state index contributed by atoms with van der Waals surface area (Å²) in [5.41, 5.74) is 6.17. The van der Waals surface area contributed by atoms with Crippen molar-refractivity contribution in [3.05, 3.63) is 18.2 Å². The lowest BCUT2D eigenvalue weighted by Crippen LogP contribution is -2.42. The fourth-order valence-corrected chi connectivity index (χ4v) is 4.09. The number of sulfonamides is 1. The van der Waals surface area contributed by atoms with Crippen molar-refractivity contribution in [3.63, 3.8) is 0 Å². The molecule has 1 atom stereocenters. The maximum Gasteiger partial charge on any atom is 0.251 e. The molecule has 1 aromatic carbocycles. The Kier molecular flexibility index (Phi) is 6.90. The van der Waals surface area contributed by atoms with Crippen molar-refractivity contribution >= 4 is 21.6 Å². The van der Waals surface area contributed by atoms with Crippen LogP contribution >= 0.6 is 0 Å². The lowest BCUT2D eigenvalue weighted by molar-refractivity contribution is -0.118. The van der Waals surface area contributed by atoms with E-state index in [1.54, 1.807) is 4.72 Å². The highest BCUT2D eigenvalue weighted by molar-refractivity contribution is 7.89. The van der Waals surface area contributed by atoms with E-state index in [1.807, 2.05) is 0 Å². The van der Waals surface area contributed by atoms with Gasteiger partial charge in [0.05, 0.1) is 12.6 Å². The Bertz CT molecular complexity index is 737. The lowest BCUT2D eigenvalue weighted by atomic mass is 9.84. The molecule has 0 heterocycles. The summed E-state index contributed by atoms with van der Waals surface area (Å²) in [6.07, 6.45) is 2.11. The molecule has 1 saturated carbocycles. The summed E-state index contributed by atoms with van der Waals surface area (Å²) < 4.78 is 49.8. The first-order chi connectivity index (χ1) is 12.2. The molecule has 1 aromatic rings. The van der Waals surface area contributed by atoms with Gasteiger partial charge in [0, 0.05) is 11.8 Å². The number of amides is 1. The first-order valence-electron chi connectivity index (χ1n) is 8.38. The maximum absolute atomic E-state index is 12.3. The highest BCUT2D eigenvalue weighted by atomic mass is 32.2. The van der Waals surface area contributed by atoms with E-state index in [2.05, 4.69) is 5.32 Å². The highest BCUT2D eigenvalue weighted by Gasteiger charge is 2.27. The van der Waals surface area contributed by atoms with Crippen LogP contribution in [0.1, 0.15) is 32.1 Å². The Balaban J connectivity index is 2.05. The zero-order valence-corrected chi connectivity index (χ0v) is 14.9. The van der Waals surface area contributed by atoms with E-state index in [1.165, 1.54) is 6.07 Å². The van der Waals surface area contributed by atoms with Gasteiger partial charge in [-0.3, -0.25) is 4.79 Å². The number of aromatic hydroxyl groups is 1. The van der Waals surface area contributed by atoms with Gasteiger partial charge in [-0.05, 0) is 30.9 Å². The molecule has 7 nitrogen and oxygen atoms in total. The zero-order chi connectivity index (χ0) is 19.3. The minimum absolute atomic E-state index is 0.0931. The standard InChI is InChI=1S/C16H23F2N3O4S/c17-14(18)9-20-26(24,25)13-7-6-11(8-12(13)22)21-16(23)15(19)10-4-2-1-3-5-10/h6-8,10,14-15,20,22H,1-5,9,19H2,(H,21,23)/t15-/m0/s1. The van der Waals surface area contributed by atoms with Crippen molar-refractivity contribution < 1.29 is 27.1 Å². The number of nitrogens with two attached hydrogens (primary N) is 1. The first-order valence-corrected chi connectivity index (χ1v) is 9.86. The van der Waals surface area contributed by atoms with E-state index in [0.717, 1.165) is 44.2 Å². The summed E-state index contributed by atoms with van der Waals surface area (Å²) >= 11 is 0. The SMILES string of the molecule is N[C@H](C(=O)Nc1ccc(S(=O)(=O)NCC(F)F)c(O)c1)C1CCCCC1. The van der Waals surface area contributed by atoms with Crippen LogP contribution in [0.3, 0.4) is 0 Å². The van der Waals surface area contributed by atoms with Crippen LogP contribution in [0.4, 0.5) is 14.5 Å². The van der Waals surface area contributed by atoms with Gasteiger partial charge in [0.25, 0.3) is 6.43 Å². The summed E-state index contributed by atoms with van der Waals surface area (Å²) in [5.74, 6) is -0.978. The first kappa shape index (κ1) is 20.5. The smallest absolute Gasteiger partial charge is 0.251 e. The van der Waals surface area contributed by atoms with Gasteiger partial charge in [-0.15, -0.1) is 0 Å². The predicted molar refractivity (Wildman–Crippen MR) is 92.5 cm³/mol. The summed E-state index contributed by atoms with van der Waals surface area (Å²) in [5, 5.41) is 12.5. The highest BCUT2D eigenvalue weighted by Crippen LogP contribution is 2.28. The number of nitrogens with one attached hydrogen (secondary N) is 2. The van der Waals surface area contributed by atoms with E-state index in [-0.39, 0.29) is 11.6 Å². The largest absolute Gasteiger partial charge is 0.506 e. The molecule has 0 bridgehead atoms. The van der Waals surface area contributed by atoms with Crippen LogP contribution in [-0.2, 0) is 14.8 Å². The fourth-order valence-electron chi connectivity index (χ4n) is 3.01. The second-order valence-corrected chi connectivity index (χ2v) is 8.07. The van der Waals surface area contributed by atoms with Crippen LogP contribution < -0.4 is 15.8 Å². The number of phenols is 1. The quantitative estimate of drug-likeness (QED) is 0.564. The van der Waals surface area contributed by atoms with E-state index in [4.69, 9.17) is 5.73 Å². The molecule has 26 heavy (non-hydrogen) atoms. The number of anilines is 1. The van der Waals surface area contributed by atoms with Crippen LogP contribution in [0, 0.1) is 5.92 Å². The molecule has 5 N–H and O–H groups in total. The number of halogens is 2. The second-order valence-electron chi connectivity index (χ2n) is 6.34. The van der Waals surface area contributed by atoms with Gasteiger partial charge in [0.2, 0.25) is 15.9 Å². The molecule has 146 valence electrons. The summed E-state index contributed by atoms with van der Waals surface area (Å²) in [7, 11) is -4.28. The molecular formula is C16H23F2N3O4S. The van der Waals surface area contributed by atoms with Gasteiger partial charge in [-0.25, -0.2) is 21.9 Å². The van der Waals surface area contributed by atoms with Gasteiger partial charge in [0.15, 0.2) is 0 Å². The average molecular weight is 391 g/mol. The topological polar surface area (TPSA) is 122 Å². The van der Waals surface area contributed by atoms with Crippen molar-refractivity contribution in [2.24, 2.45) is 11.7 Å². The van der Waals surface area contributed by atoms with Crippen molar-refractivity contribution in [1.29, 1.82) is 0 Å². The Morgan fingerprint density at radius 3 is 2.50 bits per heavy atom. The Morgan fingerprint density at radius 2 is 1.92 bits per heavy atom. The second kappa shape index (κ2) is 8.74. The molecule has 1 aliphatic carbocycles. The third kappa shape index (κ3) is 5.36. The molecule has 1 fully saturated rings. The average Bonchev–Trinajstić information content (AvgIpc) is 2.60. The van der Waals surface area contributed by atoms with E-state index in [0.29, 0.717) is 0 Å². The molecule has 0 radical (unpaired) electrons. The van der Waals surface area contributed by atoms with Gasteiger partial charge in [-0.1, -0.05) is 19.3 Å². The summed E-state index contributed by atoms with van der Waals surface area (Å²) in [4.78, 5) is 11.7. The molecule has 2 rings (SSSR count). The van der Waals surface area contributed by atoms with Crippen molar-refractivity contribution in [2.75, 3.05) is 11.9 Å². The van der Waals surface area contributed by atoms with Crippen LogP contribution in [0.2, 0.25) is 0 Å². The number of hydrogen-bond donors (Lipinski definition) is 4. The Hall–Kier alpha value is -1.78. The third-order valence-electron chi connectivity index (χ3n) is 4.40. The fraction of sp³-hybridized carbons (Fsp3) is 0.562. The monoisotopic (exact) mass is 391 g/mol. The van der Waals surface area contributed by atoms with Crippen molar-refractivity contribution in [1.82, 2.24) is 4.72 Å². The lowest BCUT2D eigenvalue weighted by Gasteiger charge is -2.26. The molecule has 0 aromatic heterocycles. The van der Waals surface area contributed by atoms with Crippen LogP contribution in [0.5, 0.6) is 5.75 Å². The van der Waals surface area contributed by atoms with E-state index >= 15 is 0 Å². The van der Waals surface area contributed by atoms with Gasteiger partial charge in [-0.2, -0.15) is 0 Å². The number of hydrogen-bond acceptors (Lipinski definition) is 5. The van der Waals surface area contributed by atoms with Crippen LogP contribution in [0.15, 0.2) is 23.1 Å². The molecule has 0 saturated heterocycles. The number of carbonyl (C=O) groups excluding carboxylic acids is 1. The van der Waals surface area contributed by atoms with E-state index < -0.39 is 45.6 Å². The molecule has 0 spiro atoms. The van der Waals surface area contributed by atoms with E-state index in [9.17, 15) is 27.1 Å². The molecule has 0 aliphatic heterocycles. The molecule has 1 amide bonds. The van der Waals surface area contributed by atoms with Gasteiger partial charge in [0.1, 0.15) is 10.6 Å². The van der Waals surface area contributed by atoms with Crippen LogP contribution in [-0.4, -0.2) is 38.4 Å². The third-order valence-corrected chi connectivity index (χ3v) is 5.88. The zero-order valence-electron chi connectivity index (χ0n) is 14.1. The number of phenolic OH excluding ortho intramolecular Hbond substituents is 1.